The molecule has 0 bridgehead atoms. The largest absolute Gasteiger partial charge is 0.492 e. The first kappa shape index (κ1) is 32.9. The van der Waals surface area contributed by atoms with Crippen LogP contribution in [0, 0.1) is 11.7 Å². The average molecular weight is 616 g/mol. The van der Waals surface area contributed by atoms with Gasteiger partial charge in [0.1, 0.15) is 24.2 Å². The normalized spacial score (nSPS) is 12.1. The second-order valence-electron chi connectivity index (χ2n) is 10.0. The summed E-state index contributed by atoms with van der Waals surface area (Å²) in [5.74, 6) is -1.19. The first-order chi connectivity index (χ1) is 20.0. The molecule has 0 aliphatic carbocycles. The zero-order valence-electron chi connectivity index (χ0n) is 24.5. The van der Waals surface area contributed by atoms with Crippen molar-refractivity contribution in [3.05, 3.63) is 84.2 Å². The van der Waals surface area contributed by atoms with E-state index in [9.17, 15) is 22.4 Å². The van der Waals surface area contributed by atoms with Crippen molar-refractivity contribution in [2.24, 2.45) is 5.92 Å². The van der Waals surface area contributed by atoms with E-state index in [4.69, 9.17) is 4.74 Å². The summed E-state index contributed by atoms with van der Waals surface area (Å²) < 4.78 is 49.6. The highest BCUT2D eigenvalue weighted by Crippen LogP contribution is 2.33. The summed E-state index contributed by atoms with van der Waals surface area (Å²) in [6.07, 6.45) is 1.88. The number of amides is 2. The van der Waals surface area contributed by atoms with Crippen LogP contribution in [0.2, 0.25) is 0 Å². The van der Waals surface area contributed by atoms with Gasteiger partial charge in [-0.1, -0.05) is 44.2 Å². The molecular formula is C31H38FN3O5S2. The summed E-state index contributed by atoms with van der Waals surface area (Å²) in [5, 5.41) is 2.81. The number of halogens is 1. The van der Waals surface area contributed by atoms with Gasteiger partial charge in [-0.05, 0) is 68.5 Å². The Bertz CT molecular complexity index is 1470. The summed E-state index contributed by atoms with van der Waals surface area (Å²) >= 11 is 1.47. The maximum atomic E-state index is 14.7. The molecule has 3 rings (SSSR count). The molecule has 42 heavy (non-hydrogen) atoms. The van der Waals surface area contributed by atoms with Crippen molar-refractivity contribution < 1.29 is 27.1 Å². The predicted octanol–water partition coefficient (Wildman–Crippen LogP) is 5.33. The zero-order chi connectivity index (χ0) is 30.9. The monoisotopic (exact) mass is 615 g/mol. The summed E-state index contributed by atoms with van der Waals surface area (Å²) in [6, 6.07) is 17.9. The molecule has 0 spiro atoms. The van der Waals surface area contributed by atoms with Gasteiger partial charge in [0, 0.05) is 23.5 Å². The molecule has 11 heteroatoms. The Kier molecular flexibility index (Phi) is 11.8. The van der Waals surface area contributed by atoms with Crippen LogP contribution in [0.15, 0.2) is 82.6 Å². The van der Waals surface area contributed by atoms with Gasteiger partial charge in [-0.2, -0.15) is 0 Å². The van der Waals surface area contributed by atoms with Crippen molar-refractivity contribution in [2.75, 3.05) is 30.3 Å². The van der Waals surface area contributed by atoms with Crippen LogP contribution in [-0.4, -0.2) is 57.1 Å². The molecule has 1 atom stereocenters. The molecule has 8 nitrogen and oxygen atoms in total. The third kappa shape index (κ3) is 8.25. The van der Waals surface area contributed by atoms with Crippen LogP contribution in [-0.2, 0) is 26.2 Å². The van der Waals surface area contributed by atoms with Crippen LogP contribution in [0.3, 0.4) is 0 Å². The molecule has 1 N–H and O–H groups in total. The van der Waals surface area contributed by atoms with Gasteiger partial charge >= 0.3 is 0 Å². The van der Waals surface area contributed by atoms with Crippen molar-refractivity contribution >= 4 is 39.3 Å². The van der Waals surface area contributed by atoms with Crippen molar-refractivity contribution in [2.45, 2.75) is 50.1 Å². The molecule has 0 fully saturated rings. The molecule has 3 aromatic rings. The van der Waals surface area contributed by atoms with E-state index in [0.717, 1.165) is 9.20 Å². The summed E-state index contributed by atoms with van der Waals surface area (Å²) in [7, 11) is -4.27. The number of rotatable bonds is 14. The quantitative estimate of drug-likeness (QED) is 0.246. The smallest absolute Gasteiger partial charge is 0.264 e. The molecule has 0 aromatic heterocycles. The number of benzene rings is 3. The van der Waals surface area contributed by atoms with Crippen molar-refractivity contribution in [1.29, 1.82) is 0 Å². The van der Waals surface area contributed by atoms with Crippen LogP contribution in [0.1, 0.15) is 33.3 Å². The third-order valence-electron chi connectivity index (χ3n) is 6.51. The van der Waals surface area contributed by atoms with Crippen molar-refractivity contribution in [3.8, 4) is 5.75 Å². The standard InChI is InChI=1S/C31H38FN3O5S2/c1-6-40-29-14-10-9-13-28(29)35(42(38,39)26-17-15-25(41-5)16-18-26)21-30(36)34(20-24-11-7-8-12-27(24)32)23(4)31(37)33-19-22(2)3/h7-18,22-23H,6,19-21H2,1-5H3,(H,33,37)/t23-/m0/s1. The lowest BCUT2D eigenvalue weighted by Crippen LogP contribution is -2.51. The number of carbonyl (C=O) groups excluding carboxylic acids is 2. The Hall–Kier alpha value is -3.57. The highest BCUT2D eigenvalue weighted by Gasteiger charge is 2.34. The average Bonchev–Trinajstić information content (AvgIpc) is 2.98. The number of nitrogens with zero attached hydrogens (tertiary/aromatic N) is 2. The van der Waals surface area contributed by atoms with Crippen LogP contribution in [0.4, 0.5) is 10.1 Å². The molecule has 2 amide bonds. The molecule has 0 aliphatic heterocycles. The number of hydrogen-bond acceptors (Lipinski definition) is 6. The maximum absolute atomic E-state index is 14.7. The fourth-order valence-corrected chi connectivity index (χ4v) is 6.01. The van der Waals surface area contributed by atoms with Crippen LogP contribution in [0.25, 0.3) is 0 Å². The zero-order valence-corrected chi connectivity index (χ0v) is 26.2. The highest BCUT2D eigenvalue weighted by molar-refractivity contribution is 7.98. The number of sulfonamides is 1. The topological polar surface area (TPSA) is 96.0 Å². The lowest BCUT2D eigenvalue weighted by atomic mass is 10.1. The molecule has 3 aromatic carbocycles. The Labute approximate surface area is 252 Å². The molecule has 0 unspecified atom stereocenters. The van der Waals surface area contributed by atoms with E-state index in [1.54, 1.807) is 56.3 Å². The second-order valence-corrected chi connectivity index (χ2v) is 12.8. The fraction of sp³-hybridized carbons (Fsp3) is 0.355. The Morgan fingerprint density at radius 2 is 1.62 bits per heavy atom. The number of anilines is 1. The summed E-state index contributed by atoms with van der Waals surface area (Å²) in [6.45, 7) is 6.98. The van der Waals surface area contributed by atoms with E-state index < -0.39 is 40.2 Å². The van der Waals surface area contributed by atoms with Crippen molar-refractivity contribution in [3.63, 3.8) is 0 Å². The molecular weight excluding hydrogens is 577 g/mol. The van der Waals surface area contributed by atoms with Gasteiger partial charge in [0.25, 0.3) is 10.0 Å². The van der Waals surface area contributed by atoms with Gasteiger partial charge in [-0.25, -0.2) is 12.8 Å². The molecule has 0 radical (unpaired) electrons. The molecule has 0 heterocycles. The van der Waals surface area contributed by atoms with Crippen LogP contribution in [0.5, 0.6) is 5.75 Å². The number of carbonyl (C=O) groups is 2. The number of para-hydroxylation sites is 2. The number of nitrogens with one attached hydrogen (secondary N) is 1. The molecule has 0 aliphatic rings. The lowest BCUT2D eigenvalue weighted by Gasteiger charge is -2.32. The fourth-order valence-electron chi connectivity index (χ4n) is 4.17. The van der Waals surface area contributed by atoms with E-state index >= 15 is 0 Å². The Balaban J connectivity index is 2.08. The van der Waals surface area contributed by atoms with E-state index in [1.165, 1.54) is 47.0 Å². The first-order valence-corrected chi connectivity index (χ1v) is 16.3. The SMILES string of the molecule is CCOc1ccccc1N(CC(=O)N(Cc1ccccc1F)[C@@H](C)C(=O)NCC(C)C)S(=O)(=O)c1ccc(SC)cc1. The van der Waals surface area contributed by atoms with E-state index in [1.807, 2.05) is 20.1 Å². The van der Waals surface area contributed by atoms with Gasteiger partial charge in [0.2, 0.25) is 11.8 Å². The van der Waals surface area contributed by atoms with Crippen LogP contribution < -0.4 is 14.4 Å². The maximum Gasteiger partial charge on any atom is 0.264 e. The Morgan fingerprint density at radius 1 is 0.976 bits per heavy atom. The number of hydrogen-bond donors (Lipinski definition) is 1. The molecule has 0 saturated carbocycles. The number of ether oxygens (including phenoxy) is 1. The van der Waals surface area contributed by atoms with Crippen LogP contribution >= 0.6 is 11.8 Å². The van der Waals surface area contributed by atoms with Crippen molar-refractivity contribution in [1.82, 2.24) is 10.2 Å². The van der Waals surface area contributed by atoms with Gasteiger partial charge in [0.05, 0.1) is 17.2 Å². The van der Waals surface area contributed by atoms with Gasteiger partial charge in [-0.3, -0.25) is 13.9 Å². The number of thioether (sulfide) groups is 1. The predicted molar refractivity (Wildman–Crippen MR) is 165 cm³/mol. The van der Waals surface area contributed by atoms with E-state index in [-0.39, 0.29) is 41.0 Å². The minimum Gasteiger partial charge on any atom is -0.492 e. The molecule has 226 valence electrons. The van der Waals surface area contributed by atoms with Gasteiger partial charge in [-0.15, -0.1) is 11.8 Å². The van der Waals surface area contributed by atoms with E-state index in [2.05, 4.69) is 5.32 Å². The summed E-state index contributed by atoms with van der Waals surface area (Å²) in [5.41, 5.74) is 0.371. The highest BCUT2D eigenvalue weighted by atomic mass is 32.2. The molecule has 0 saturated heterocycles. The summed E-state index contributed by atoms with van der Waals surface area (Å²) in [4.78, 5) is 29.2. The third-order valence-corrected chi connectivity index (χ3v) is 9.03. The first-order valence-electron chi connectivity index (χ1n) is 13.7. The second kappa shape index (κ2) is 15.1. The minimum atomic E-state index is -4.27. The lowest BCUT2D eigenvalue weighted by molar-refractivity contribution is -0.139. The van der Waals surface area contributed by atoms with Gasteiger partial charge < -0.3 is 15.0 Å². The van der Waals surface area contributed by atoms with Gasteiger partial charge in [0.15, 0.2) is 0 Å². The minimum absolute atomic E-state index is 0.0113. The Morgan fingerprint density at radius 3 is 2.24 bits per heavy atom. The van der Waals surface area contributed by atoms with E-state index in [0.29, 0.717) is 6.54 Å².